The third-order valence-electron chi connectivity index (χ3n) is 3.78. The molecule has 0 aliphatic rings. The second-order valence-corrected chi connectivity index (χ2v) is 8.05. The number of benzene rings is 2. The van der Waals surface area contributed by atoms with Crippen LogP contribution >= 0.6 is 11.6 Å². The van der Waals surface area contributed by atoms with Crippen molar-refractivity contribution < 1.29 is 13.2 Å². The first kappa shape index (κ1) is 19.3. The van der Waals surface area contributed by atoms with Gasteiger partial charge in [0.15, 0.2) is 0 Å². The second-order valence-electron chi connectivity index (χ2n) is 5.75. The summed E-state index contributed by atoms with van der Waals surface area (Å²) in [7, 11) is -3.67. The summed E-state index contributed by atoms with van der Waals surface area (Å²) in [5, 5.41) is 3.15. The number of sulfonamides is 1. The molecule has 0 fully saturated rings. The highest BCUT2D eigenvalue weighted by atomic mass is 35.5. The molecule has 0 radical (unpaired) electrons. The van der Waals surface area contributed by atoms with Crippen molar-refractivity contribution in [3.8, 4) is 0 Å². The van der Waals surface area contributed by atoms with Gasteiger partial charge in [-0.2, -0.15) is 0 Å². The van der Waals surface area contributed by atoms with Gasteiger partial charge in [-0.1, -0.05) is 36.7 Å². The van der Waals surface area contributed by atoms with Gasteiger partial charge in [-0.3, -0.25) is 9.10 Å². The van der Waals surface area contributed by atoms with Crippen molar-refractivity contribution in [1.82, 2.24) is 0 Å². The molecule has 2 aromatic carbocycles. The van der Waals surface area contributed by atoms with Crippen LogP contribution < -0.4 is 9.62 Å². The number of hydrogen-bond acceptors (Lipinski definition) is 3. The maximum Gasteiger partial charge on any atom is 0.247 e. The van der Waals surface area contributed by atoms with Crippen LogP contribution in [-0.4, -0.2) is 26.6 Å². The van der Waals surface area contributed by atoms with E-state index in [1.165, 1.54) is 13.0 Å². The average Bonchev–Trinajstić information content (AvgIpc) is 2.54. The monoisotopic (exact) mass is 380 g/mol. The van der Waals surface area contributed by atoms with Crippen LogP contribution in [0.2, 0.25) is 5.02 Å². The summed E-state index contributed by atoms with van der Waals surface area (Å²) in [4.78, 5) is 12.6. The number of carbonyl (C=O) groups excluding carboxylic acids is 1. The minimum Gasteiger partial charge on any atom is -0.324 e. The number of nitrogens with zero attached hydrogens (tertiary/aromatic N) is 1. The fraction of sp³-hybridized carbons (Fsp3) is 0.278. The van der Waals surface area contributed by atoms with E-state index in [1.54, 1.807) is 30.3 Å². The summed E-state index contributed by atoms with van der Waals surface area (Å²) in [6, 6.07) is 12.9. The number of amides is 1. The first-order valence-corrected chi connectivity index (χ1v) is 10.1. The molecule has 0 aromatic heterocycles. The maximum atomic E-state index is 12.6. The Bertz CT molecular complexity index is 851. The van der Waals surface area contributed by atoms with Gasteiger partial charge >= 0.3 is 0 Å². The quantitative estimate of drug-likeness (QED) is 0.830. The Kier molecular flexibility index (Phi) is 6.08. The summed E-state index contributed by atoms with van der Waals surface area (Å²) in [6.07, 6.45) is 1.97. The summed E-state index contributed by atoms with van der Waals surface area (Å²) >= 11 is 5.96. The molecule has 1 amide bonds. The van der Waals surface area contributed by atoms with Crippen LogP contribution in [0.5, 0.6) is 0 Å². The fourth-order valence-corrected chi connectivity index (χ4v) is 3.84. The number of anilines is 2. The standard InChI is InChI=1S/C18H21ClN2O3S/c1-4-14-8-10-16(11-9-14)20-18(22)13(2)21(25(3,23)24)17-7-5-6-15(19)12-17/h5-13H,4H2,1-3H3,(H,20,22)/t13-/m1/s1. The zero-order valence-electron chi connectivity index (χ0n) is 14.4. The van der Waals surface area contributed by atoms with E-state index in [0.29, 0.717) is 16.4 Å². The maximum absolute atomic E-state index is 12.6. The van der Waals surface area contributed by atoms with Crippen molar-refractivity contribution in [3.05, 3.63) is 59.1 Å². The highest BCUT2D eigenvalue weighted by Gasteiger charge is 2.29. The predicted molar refractivity (Wildman–Crippen MR) is 103 cm³/mol. The third-order valence-corrected chi connectivity index (χ3v) is 5.26. The van der Waals surface area contributed by atoms with Gasteiger partial charge in [0.25, 0.3) is 0 Å². The Balaban J connectivity index is 2.26. The van der Waals surface area contributed by atoms with E-state index in [0.717, 1.165) is 22.5 Å². The van der Waals surface area contributed by atoms with Crippen LogP contribution in [0.3, 0.4) is 0 Å². The zero-order valence-corrected chi connectivity index (χ0v) is 15.9. The number of rotatable bonds is 6. The van der Waals surface area contributed by atoms with Crippen LogP contribution in [0, 0.1) is 0 Å². The molecular weight excluding hydrogens is 360 g/mol. The Hall–Kier alpha value is -2.05. The fourth-order valence-electron chi connectivity index (χ4n) is 2.49. The van der Waals surface area contributed by atoms with E-state index >= 15 is 0 Å². The second kappa shape index (κ2) is 7.89. The molecule has 1 atom stereocenters. The van der Waals surface area contributed by atoms with Crippen molar-refractivity contribution in [2.75, 3.05) is 15.9 Å². The SMILES string of the molecule is CCc1ccc(NC(=O)[C@@H](C)N(c2cccc(Cl)c2)S(C)(=O)=O)cc1. The Labute approximate surface area is 153 Å². The largest absolute Gasteiger partial charge is 0.324 e. The normalized spacial score (nSPS) is 12.5. The molecule has 134 valence electrons. The van der Waals surface area contributed by atoms with E-state index < -0.39 is 22.0 Å². The highest BCUT2D eigenvalue weighted by Crippen LogP contribution is 2.24. The van der Waals surface area contributed by atoms with Gasteiger partial charge in [0.05, 0.1) is 11.9 Å². The summed E-state index contributed by atoms with van der Waals surface area (Å²) < 4.78 is 25.5. The molecule has 0 saturated heterocycles. The lowest BCUT2D eigenvalue weighted by molar-refractivity contribution is -0.116. The molecule has 0 heterocycles. The van der Waals surface area contributed by atoms with E-state index in [4.69, 9.17) is 11.6 Å². The third kappa shape index (κ3) is 4.96. The van der Waals surface area contributed by atoms with Gasteiger partial charge in [0, 0.05) is 10.7 Å². The molecule has 0 aliphatic heterocycles. The number of carbonyl (C=O) groups is 1. The lowest BCUT2D eigenvalue weighted by atomic mass is 10.1. The summed E-state index contributed by atoms with van der Waals surface area (Å²) in [6.45, 7) is 3.59. The number of halogens is 1. The zero-order chi connectivity index (χ0) is 18.6. The van der Waals surface area contributed by atoms with Crippen LogP contribution in [0.25, 0.3) is 0 Å². The lowest BCUT2D eigenvalue weighted by Crippen LogP contribution is -2.45. The van der Waals surface area contributed by atoms with E-state index in [2.05, 4.69) is 5.32 Å². The van der Waals surface area contributed by atoms with E-state index in [9.17, 15) is 13.2 Å². The first-order chi connectivity index (χ1) is 11.7. The molecule has 0 spiro atoms. The van der Waals surface area contributed by atoms with Gasteiger partial charge in [0.2, 0.25) is 15.9 Å². The molecule has 2 aromatic rings. The van der Waals surface area contributed by atoms with E-state index in [1.807, 2.05) is 19.1 Å². The number of hydrogen-bond donors (Lipinski definition) is 1. The number of nitrogens with one attached hydrogen (secondary N) is 1. The van der Waals surface area contributed by atoms with Crippen molar-refractivity contribution in [2.45, 2.75) is 26.3 Å². The highest BCUT2D eigenvalue weighted by molar-refractivity contribution is 7.92. The van der Waals surface area contributed by atoms with Gasteiger partial charge in [-0.25, -0.2) is 8.42 Å². The van der Waals surface area contributed by atoms with Crippen molar-refractivity contribution in [3.63, 3.8) is 0 Å². The van der Waals surface area contributed by atoms with Crippen LogP contribution in [-0.2, 0) is 21.2 Å². The molecule has 0 unspecified atom stereocenters. The average molecular weight is 381 g/mol. The van der Waals surface area contributed by atoms with E-state index in [-0.39, 0.29) is 0 Å². The molecule has 7 heteroatoms. The minimum atomic E-state index is -3.67. The predicted octanol–water partition coefficient (Wildman–Crippen LogP) is 3.70. The van der Waals surface area contributed by atoms with Crippen molar-refractivity contribution >= 4 is 38.9 Å². The molecule has 0 aliphatic carbocycles. The lowest BCUT2D eigenvalue weighted by Gasteiger charge is -2.28. The smallest absolute Gasteiger partial charge is 0.247 e. The minimum absolute atomic E-state index is 0.346. The molecule has 1 N–H and O–H groups in total. The van der Waals surface area contributed by atoms with Gasteiger partial charge < -0.3 is 5.32 Å². The van der Waals surface area contributed by atoms with Gasteiger partial charge in [-0.05, 0) is 49.2 Å². The molecule has 0 bridgehead atoms. The summed E-state index contributed by atoms with van der Waals surface area (Å²) in [5.74, 6) is -0.422. The molecule has 0 saturated carbocycles. The van der Waals surface area contributed by atoms with Crippen LogP contribution in [0.1, 0.15) is 19.4 Å². The molecular formula is C18H21ClN2O3S. The van der Waals surface area contributed by atoms with Crippen LogP contribution in [0.4, 0.5) is 11.4 Å². The van der Waals surface area contributed by atoms with Gasteiger partial charge in [-0.15, -0.1) is 0 Å². The van der Waals surface area contributed by atoms with Gasteiger partial charge in [0.1, 0.15) is 6.04 Å². The molecule has 2 rings (SSSR count). The van der Waals surface area contributed by atoms with Crippen LogP contribution in [0.15, 0.2) is 48.5 Å². The summed E-state index contributed by atoms with van der Waals surface area (Å²) in [5.41, 5.74) is 2.12. The molecule has 25 heavy (non-hydrogen) atoms. The molecule has 5 nitrogen and oxygen atoms in total. The van der Waals surface area contributed by atoms with Crippen molar-refractivity contribution in [2.24, 2.45) is 0 Å². The Morgan fingerprint density at radius 1 is 1.20 bits per heavy atom. The van der Waals surface area contributed by atoms with Crippen molar-refractivity contribution in [1.29, 1.82) is 0 Å². The first-order valence-electron chi connectivity index (χ1n) is 7.87. The topological polar surface area (TPSA) is 66.5 Å². The Morgan fingerprint density at radius 3 is 2.36 bits per heavy atom. The Morgan fingerprint density at radius 2 is 1.84 bits per heavy atom. The number of aryl methyl sites for hydroxylation is 1.